The molecule has 0 heterocycles. The number of rotatable bonds is 7. The summed E-state index contributed by atoms with van der Waals surface area (Å²) in [6.07, 6.45) is 0. The third kappa shape index (κ3) is 4.33. The van der Waals surface area contributed by atoms with Crippen LogP contribution in [-0.4, -0.2) is 20.1 Å². The van der Waals surface area contributed by atoms with E-state index in [9.17, 15) is 0 Å². The lowest BCUT2D eigenvalue weighted by atomic mass is 9.99. The van der Waals surface area contributed by atoms with Crippen molar-refractivity contribution < 1.29 is 0 Å². The second-order valence-corrected chi connectivity index (χ2v) is 5.55. The fourth-order valence-corrected chi connectivity index (χ4v) is 2.62. The standard InChI is InChI=1S/C19H26N2/c1-4-21(19-8-6-5-7-9-19)15-17-10-12-18(13-11-17)16(2)14-20-3/h5-13,16,20H,4,14-15H2,1-3H3. The van der Waals surface area contributed by atoms with Crippen LogP contribution in [0.1, 0.15) is 30.9 Å². The van der Waals surface area contributed by atoms with Crippen LogP contribution in [0.4, 0.5) is 5.69 Å². The molecule has 0 aromatic heterocycles. The smallest absolute Gasteiger partial charge is 0.0429 e. The van der Waals surface area contributed by atoms with Crippen molar-refractivity contribution >= 4 is 5.69 Å². The molecule has 21 heavy (non-hydrogen) atoms. The van der Waals surface area contributed by atoms with Gasteiger partial charge in [0.15, 0.2) is 0 Å². The van der Waals surface area contributed by atoms with Crippen LogP contribution in [0, 0.1) is 0 Å². The molecule has 0 spiro atoms. The van der Waals surface area contributed by atoms with Gasteiger partial charge in [-0.2, -0.15) is 0 Å². The number of anilines is 1. The Balaban J connectivity index is 2.05. The van der Waals surface area contributed by atoms with Crippen molar-refractivity contribution in [2.75, 3.05) is 25.0 Å². The molecule has 2 nitrogen and oxygen atoms in total. The molecular weight excluding hydrogens is 256 g/mol. The van der Waals surface area contributed by atoms with Crippen molar-refractivity contribution in [3.05, 3.63) is 65.7 Å². The number of benzene rings is 2. The van der Waals surface area contributed by atoms with Crippen LogP contribution < -0.4 is 10.2 Å². The Hall–Kier alpha value is -1.80. The normalized spacial score (nSPS) is 12.1. The van der Waals surface area contributed by atoms with E-state index in [-0.39, 0.29) is 0 Å². The molecule has 0 aliphatic heterocycles. The molecule has 1 N–H and O–H groups in total. The van der Waals surface area contributed by atoms with Crippen molar-refractivity contribution in [1.29, 1.82) is 0 Å². The van der Waals surface area contributed by atoms with Crippen LogP contribution in [0.2, 0.25) is 0 Å². The average Bonchev–Trinajstić information content (AvgIpc) is 2.54. The Morgan fingerprint density at radius 1 is 1.00 bits per heavy atom. The van der Waals surface area contributed by atoms with E-state index < -0.39 is 0 Å². The summed E-state index contributed by atoms with van der Waals surface area (Å²) in [7, 11) is 2.00. The van der Waals surface area contributed by atoms with Crippen LogP contribution in [-0.2, 0) is 6.54 Å². The van der Waals surface area contributed by atoms with E-state index in [0.29, 0.717) is 5.92 Å². The molecule has 0 aliphatic rings. The summed E-state index contributed by atoms with van der Waals surface area (Å²) >= 11 is 0. The molecule has 0 saturated heterocycles. The number of likely N-dealkylation sites (N-methyl/N-ethyl adjacent to an activating group) is 1. The fraction of sp³-hybridized carbons (Fsp3) is 0.368. The van der Waals surface area contributed by atoms with E-state index in [2.05, 4.69) is 78.7 Å². The SMILES string of the molecule is CCN(Cc1ccc(C(C)CNC)cc1)c1ccccc1. The van der Waals surface area contributed by atoms with Gasteiger partial charge in [0.25, 0.3) is 0 Å². The topological polar surface area (TPSA) is 15.3 Å². The second-order valence-electron chi connectivity index (χ2n) is 5.55. The minimum atomic E-state index is 0.556. The zero-order valence-electron chi connectivity index (χ0n) is 13.3. The van der Waals surface area contributed by atoms with Crippen molar-refractivity contribution in [3.8, 4) is 0 Å². The molecule has 112 valence electrons. The van der Waals surface area contributed by atoms with E-state index in [0.717, 1.165) is 19.6 Å². The molecule has 2 heteroatoms. The maximum absolute atomic E-state index is 3.24. The summed E-state index contributed by atoms with van der Waals surface area (Å²) < 4.78 is 0. The maximum Gasteiger partial charge on any atom is 0.0429 e. The van der Waals surface area contributed by atoms with Gasteiger partial charge in [-0.15, -0.1) is 0 Å². The highest BCUT2D eigenvalue weighted by molar-refractivity contribution is 5.46. The van der Waals surface area contributed by atoms with Gasteiger partial charge in [0.05, 0.1) is 0 Å². The van der Waals surface area contributed by atoms with E-state index in [1.54, 1.807) is 0 Å². The van der Waals surface area contributed by atoms with Gasteiger partial charge < -0.3 is 10.2 Å². The molecule has 2 rings (SSSR count). The van der Waals surface area contributed by atoms with Gasteiger partial charge in [-0.25, -0.2) is 0 Å². The number of nitrogens with zero attached hydrogens (tertiary/aromatic N) is 1. The molecular formula is C19H26N2. The average molecular weight is 282 g/mol. The van der Waals surface area contributed by atoms with Gasteiger partial charge >= 0.3 is 0 Å². The highest BCUT2D eigenvalue weighted by Crippen LogP contribution is 2.19. The summed E-state index contributed by atoms with van der Waals surface area (Å²) in [4.78, 5) is 2.39. The first kappa shape index (κ1) is 15.6. The number of hydrogen-bond donors (Lipinski definition) is 1. The fourth-order valence-electron chi connectivity index (χ4n) is 2.62. The van der Waals surface area contributed by atoms with Gasteiger partial charge in [-0.05, 0) is 43.1 Å². The van der Waals surface area contributed by atoms with Crippen LogP contribution in [0.15, 0.2) is 54.6 Å². The number of hydrogen-bond acceptors (Lipinski definition) is 2. The summed E-state index contributed by atoms with van der Waals surface area (Å²) in [5.74, 6) is 0.556. The molecule has 2 aromatic rings. The lowest BCUT2D eigenvalue weighted by Crippen LogP contribution is -2.21. The van der Waals surface area contributed by atoms with E-state index >= 15 is 0 Å². The molecule has 0 radical (unpaired) electrons. The third-order valence-corrected chi connectivity index (χ3v) is 3.94. The first-order valence-electron chi connectivity index (χ1n) is 7.78. The predicted molar refractivity (Wildman–Crippen MR) is 91.9 cm³/mol. The number of para-hydroxylation sites is 1. The Labute approximate surface area is 128 Å². The molecule has 0 aliphatic carbocycles. The van der Waals surface area contributed by atoms with Gasteiger partial charge in [-0.1, -0.05) is 49.4 Å². The monoisotopic (exact) mass is 282 g/mol. The minimum absolute atomic E-state index is 0.556. The van der Waals surface area contributed by atoms with Crippen molar-refractivity contribution in [2.45, 2.75) is 26.3 Å². The zero-order valence-corrected chi connectivity index (χ0v) is 13.3. The van der Waals surface area contributed by atoms with E-state index in [1.165, 1.54) is 16.8 Å². The van der Waals surface area contributed by atoms with E-state index in [1.807, 2.05) is 7.05 Å². The van der Waals surface area contributed by atoms with Crippen LogP contribution >= 0.6 is 0 Å². The second kappa shape index (κ2) is 7.84. The number of nitrogens with one attached hydrogen (secondary N) is 1. The van der Waals surface area contributed by atoms with E-state index in [4.69, 9.17) is 0 Å². The Bertz CT molecular complexity index is 519. The Kier molecular flexibility index (Phi) is 5.82. The highest BCUT2D eigenvalue weighted by Gasteiger charge is 2.07. The minimum Gasteiger partial charge on any atom is -0.367 e. The van der Waals surface area contributed by atoms with Crippen LogP contribution in [0.5, 0.6) is 0 Å². The van der Waals surface area contributed by atoms with Gasteiger partial charge in [-0.3, -0.25) is 0 Å². The highest BCUT2D eigenvalue weighted by atomic mass is 15.1. The molecule has 0 fully saturated rings. The molecule has 1 atom stereocenters. The van der Waals surface area contributed by atoms with Crippen molar-refractivity contribution in [1.82, 2.24) is 5.32 Å². The summed E-state index contributed by atoms with van der Waals surface area (Å²) in [6.45, 7) is 7.46. The van der Waals surface area contributed by atoms with Crippen molar-refractivity contribution in [2.24, 2.45) is 0 Å². The molecule has 2 aromatic carbocycles. The van der Waals surface area contributed by atoms with Crippen molar-refractivity contribution in [3.63, 3.8) is 0 Å². The molecule has 0 saturated carbocycles. The maximum atomic E-state index is 3.24. The quantitative estimate of drug-likeness (QED) is 0.824. The zero-order chi connectivity index (χ0) is 15.1. The lowest BCUT2D eigenvalue weighted by molar-refractivity contribution is 0.677. The summed E-state index contributed by atoms with van der Waals surface area (Å²) in [5, 5.41) is 3.24. The van der Waals surface area contributed by atoms with Gasteiger partial charge in [0.1, 0.15) is 0 Å². The van der Waals surface area contributed by atoms with Gasteiger partial charge in [0, 0.05) is 25.3 Å². The van der Waals surface area contributed by atoms with Crippen LogP contribution in [0.25, 0.3) is 0 Å². The van der Waals surface area contributed by atoms with Gasteiger partial charge in [0.2, 0.25) is 0 Å². The predicted octanol–water partition coefficient (Wildman–Crippen LogP) is 4.04. The molecule has 1 unspecified atom stereocenters. The largest absolute Gasteiger partial charge is 0.367 e. The Morgan fingerprint density at radius 3 is 2.24 bits per heavy atom. The lowest BCUT2D eigenvalue weighted by Gasteiger charge is -2.23. The van der Waals surface area contributed by atoms with Crippen LogP contribution in [0.3, 0.4) is 0 Å². The molecule has 0 amide bonds. The summed E-state index contributed by atoms with van der Waals surface area (Å²) in [6, 6.07) is 19.6. The summed E-state index contributed by atoms with van der Waals surface area (Å²) in [5.41, 5.74) is 4.05. The first-order valence-corrected chi connectivity index (χ1v) is 7.78. The third-order valence-electron chi connectivity index (χ3n) is 3.94. The molecule has 0 bridgehead atoms. The Morgan fingerprint density at radius 2 is 1.67 bits per heavy atom. The first-order chi connectivity index (χ1) is 10.2.